The fraction of sp³-hybridized carbons (Fsp3) is 0.375. The summed E-state index contributed by atoms with van der Waals surface area (Å²) in [6.07, 6.45) is 1.99. The summed E-state index contributed by atoms with van der Waals surface area (Å²) >= 11 is 0. The van der Waals surface area contributed by atoms with E-state index >= 15 is 0 Å². The predicted molar refractivity (Wildman–Crippen MR) is 112 cm³/mol. The SMILES string of the molecule is Cc1cccc(CCO[C@@H]2OCCN(CC3=CC(=O)NC3)[C@H]2c2ccc(F)cc2)c1. The van der Waals surface area contributed by atoms with Crippen molar-refractivity contribution < 1.29 is 18.7 Å². The molecular weight excluding hydrogens is 383 g/mol. The molecule has 0 bridgehead atoms. The molecule has 0 saturated carbocycles. The molecule has 2 aliphatic heterocycles. The molecule has 0 radical (unpaired) electrons. The van der Waals surface area contributed by atoms with Crippen LogP contribution in [0.15, 0.2) is 60.2 Å². The molecule has 0 spiro atoms. The maximum Gasteiger partial charge on any atom is 0.244 e. The Morgan fingerprint density at radius 1 is 1.23 bits per heavy atom. The molecule has 2 heterocycles. The first-order chi connectivity index (χ1) is 14.6. The van der Waals surface area contributed by atoms with E-state index in [1.807, 2.05) is 0 Å². The van der Waals surface area contributed by atoms with Gasteiger partial charge in [0.15, 0.2) is 6.29 Å². The van der Waals surface area contributed by atoms with E-state index in [2.05, 4.69) is 41.4 Å². The summed E-state index contributed by atoms with van der Waals surface area (Å²) in [6.45, 7) is 5.07. The van der Waals surface area contributed by atoms with E-state index < -0.39 is 6.29 Å². The van der Waals surface area contributed by atoms with E-state index in [1.165, 1.54) is 23.3 Å². The second-order valence-electron chi connectivity index (χ2n) is 7.84. The number of nitrogens with one attached hydrogen (secondary N) is 1. The van der Waals surface area contributed by atoms with E-state index in [0.717, 1.165) is 17.6 Å². The minimum Gasteiger partial charge on any atom is -0.350 e. The average Bonchev–Trinajstić information content (AvgIpc) is 3.14. The van der Waals surface area contributed by atoms with Crippen LogP contribution in [0.1, 0.15) is 22.7 Å². The van der Waals surface area contributed by atoms with Crippen molar-refractivity contribution in [1.29, 1.82) is 0 Å². The fourth-order valence-electron chi connectivity index (χ4n) is 4.04. The second kappa shape index (κ2) is 9.51. The third-order valence-corrected chi connectivity index (χ3v) is 5.51. The van der Waals surface area contributed by atoms with Crippen LogP contribution in [-0.2, 0) is 20.7 Å². The molecule has 30 heavy (non-hydrogen) atoms. The van der Waals surface area contributed by atoms with Crippen molar-refractivity contribution in [3.63, 3.8) is 0 Å². The second-order valence-corrected chi connectivity index (χ2v) is 7.84. The summed E-state index contributed by atoms with van der Waals surface area (Å²) in [4.78, 5) is 13.8. The molecule has 0 aliphatic carbocycles. The highest BCUT2D eigenvalue weighted by Crippen LogP contribution is 2.31. The number of ether oxygens (including phenoxy) is 2. The van der Waals surface area contributed by atoms with Crippen molar-refractivity contribution in [2.75, 3.05) is 32.8 Å². The molecule has 2 aliphatic rings. The molecule has 2 aromatic rings. The first-order valence-electron chi connectivity index (χ1n) is 10.3. The lowest BCUT2D eigenvalue weighted by molar-refractivity contribution is -0.209. The molecule has 0 unspecified atom stereocenters. The summed E-state index contributed by atoms with van der Waals surface area (Å²) in [5.41, 5.74) is 4.42. The van der Waals surface area contributed by atoms with Gasteiger partial charge in [0.1, 0.15) is 5.82 Å². The van der Waals surface area contributed by atoms with Crippen molar-refractivity contribution in [3.05, 3.63) is 82.7 Å². The molecule has 2 aromatic carbocycles. The Morgan fingerprint density at radius 3 is 2.80 bits per heavy atom. The molecule has 1 N–H and O–H groups in total. The van der Waals surface area contributed by atoms with Crippen molar-refractivity contribution in [2.24, 2.45) is 0 Å². The number of carbonyl (C=O) groups is 1. The van der Waals surface area contributed by atoms with E-state index in [9.17, 15) is 9.18 Å². The minimum atomic E-state index is -0.459. The van der Waals surface area contributed by atoms with Crippen molar-refractivity contribution in [2.45, 2.75) is 25.7 Å². The molecule has 4 rings (SSSR count). The van der Waals surface area contributed by atoms with Crippen LogP contribution < -0.4 is 5.32 Å². The monoisotopic (exact) mass is 410 g/mol. The molecule has 2 atom stereocenters. The molecule has 158 valence electrons. The van der Waals surface area contributed by atoms with Gasteiger partial charge in [-0.25, -0.2) is 4.39 Å². The van der Waals surface area contributed by atoms with E-state index in [4.69, 9.17) is 9.47 Å². The van der Waals surface area contributed by atoms with Crippen LogP contribution in [0, 0.1) is 12.7 Å². The third-order valence-electron chi connectivity index (χ3n) is 5.51. The Labute approximate surface area is 176 Å². The van der Waals surface area contributed by atoms with Gasteiger partial charge in [-0.1, -0.05) is 42.0 Å². The zero-order valence-electron chi connectivity index (χ0n) is 17.1. The highest BCUT2D eigenvalue weighted by atomic mass is 19.1. The highest BCUT2D eigenvalue weighted by molar-refractivity contribution is 5.91. The van der Waals surface area contributed by atoms with Crippen LogP contribution in [0.25, 0.3) is 0 Å². The van der Waals surface area contributed by atoms with Gasteiger partial charge in [-0.05, 0) is 42.2 Å². The lowest BCUT2D eigenvalue weighted by Gasteiger charge is -2.41. The van der Waals surface area contributed by atoms with Gasteiger partial charge in [-0.3, -0.25) is 9.69 Å². The molecule has 1 saturated heterocycles. The van der Waals surface area contributed by atoms with Gasteiger partial charge < -0.3 is 14.8 Å². The molecule has 6 heteroatoms. The zero-order valence-corrected chi connectivity index (χ0v) is 17.1. The standard InChI is InChI=1S/C24H27FN2O3/c1-17-3-2-4-18(13-17)9-11-29-24-23(20-5-7-21(25)8-6-20)27(10-12-30-24)16-19-14-22(28)26-15-19/h2-8,13-14,23-24H,9-12,15-16H2,1H3,(H,26,28)/t23-,24+/m0/s1. The van der Waals surface area contributed by atoms with Gasteiger partial charge in [0.05, 0.1) is 19.3 Å². The Kier molecular flexibility index (Phi) is 6.57. The molecule has 5 nitrogen and oxygen atoms in total. The summed E-state index contributed by atoms with van der Waals surface area (Å²) in [5, 5.41) is 2.82. The molecule has 1 fully saturated rings. The topological polar surface area (TPSA) is 50.8 Å². The van der Waals surface area contributed by atoms with Crippen molar-refractivity contribution in [3.8, 4) is 0 Å². The Bertz CT molecular complexity index is 913. The van der Waals surface area contributed by atoms with Gasteiger partial charge in [0.25, 0.3) is 0 Å². The van der Waals surface area contributed by atoms with Crippen LogP contribution in [0.2, 0.25) is 0 Å². The van der Waals surface area contributed by atoms with Crippen LogP contribution in [0.5, 0.6) is 0 Å². The summed E-state index contributed by atoms with van der Waals surface area (Å²) in [7, 11) is 0. The molecular formula is C24H27FN2O3. The number of carbonyl (C=O) groups excluding carboxylic acids is 1. The Balaban J connectivity index is 1.48. The van der Waals surface area contributed by atoms with Crippen LogP contribution in [-0.4, -0.2) is 49.9 Å². The average molecular weight is 410 g/mol. The number of hydrogen-bond acceptors (Lipinski definition) is 4. The number of rotatable bonds is 7. The predicted octanol–water partition coefficient (Wildman–Crippen LogP) is 3.15. The summed E-state index contributed by atoms with van der Waals surface area (Å²) < 4.78 is 25.7. The van der Waals surface area contributed by atoms with Crippen molar-refractivity contribution >= 4 is 5.91 Å². The number of hydrogen-bond donors (Lipinski definition) is 1. The van der Waals surface area contributed by atoms with Gasteiger partial charge in [-0.15, -0.1) is 0 Å². The van der Waals surface area contributed by atoms with E-state index in [0.29, 0.717) is 32.8 Å². The lowest BCUT2D eigenvalue weighted by atomic mass is 10.0. The first kappa shape index (κ1) is 20.7. The maximum atomic E-state index is 13.5. The third kappa shape index (κ3) is 5.14. The molecule has 0 aromatic heterocycles. The number of benzene rings is 2. The van der Waals surface area contributed by atoms with Crippen LogP contribution >= 0.6 is 0 Å². The maximum absolute atomic E-state index is 13.5. The van der Waals surface area contributed by atoms with E-state index in [1.54, 1.807) is 18.2 Å². The van der Waals surface area contributed by atoms with Gasteiger partial charge >= 0.3 is 0 Å². The smallest absolute Gasteiger partial charge is 0.244 e. The number of morpholine rings is 1. The van der Waals surface area contributed by atoms with Gasteiger partial charge in [-0.2, -0.15) is 0 Å². The lowest BCUT2D eigenvalue weighted by Crippen LogP contribution is -2.47. The fourth-order valence-corrected chi connectivity index (χ4v) is 4.04. The summed E-state index contributed by atoms with van der Waals surface area (Å²) in [6, 6.07) is 14.7. The zero-order chi connectivity index (χ0) is 20.9. The highest BCUT2D eigenvalue weighted by Gasteiger charge is 2.35. The summed E-state index contributed by atoms with van der Waals surface area (Å²) in [5.74, 6) is -0.324. The normalized spacial score (nSPS) is 22.1. The number of amides is 1. The first-order valence-corrected chi connectivity index (χ1v) is 10.3. The largest absolute Gasteiger partial charge is 0.350 e. The Morgan fingerprint density at radius 2 is 2.07 bits per heavy atom. The van der Waals surface area contributed by atoms with Gasteiger partial charge in [0.2, 0.25) is 5.91 Å². The number of aryl methyl sites for hydroxylation is 1. The number of nitrogens with zero attached hydrogens (tertiary/aromatic N) is 1. The quantitative estimate of drug-likeness (QED) is 0.762. The number of halogens is 1. The molecule has 1 amide bonds. The minimum absolute atomic E-state index is 0.0532. The van der Waals surface area contributed by atoms with Crippen LogP contribution in [0.4, 0.5) is 4.39 Å². The van der Waals surface area contributed by atoms with Crippen molar-refractivity contribution in [1.82, 2.24) is 10.2 Å². The Hall–Kier alpha value is -2.54. The van der Waals surface area contributed by atoms with Crippen LogP contribution in [0.3, 0.4) is 0 Å². The van der Waals surface area contributed by atoms with Gasteiger partial charge in [0, 0.05) is 25.7 Å². The van der Waals surface area contributed by atoms with E-state index in [-0.39, 0.29) is 17.8 Å².